The van der Waals surface area contributed by atoms with Crippen LogP contribution in [0.3, 0.4) is 0 Å². The van der Waals surface area contributed by atoms with E-state index < -0.39 is 0 Å². The number of nitrogens with two attached hydrogens (primary N) is 1. The maximum atomic E-state index is 12.0. The van der Waals surface area contributed by atoms with E-state index in [1.165, 1.54) is 0 Å². The lowest BCUT2D eigenvalue weighted by molar-refractivity contribution is -0.116. The molecule has 1 aromatic heterocycles. The minimum absolute atomic E-state index is 0.112. The molecular formula is C16H18ClN3O. The van der Waals surface area contributed by atoms with Gasteiger partial charge in [-0.25, -0.2) is 4.98 Å². The minimum Gasteiger partial charge on any atom is -0.324 e. The van der Waals surface area contributed by atoms with E-state index in [0.717, 1.165) is 11.1 Å². The highest BCUT2D eigenvalue weighted by Crippen LogP contribution is 2.23. The molecule has 0 aliphatic heterocycles. The first-order chi connectivity index (χ1) is 10.1. The number of nitrogens with one attached hydrogen (secondary N) is 1. The van der Waals surface area contributed by atoms with Crippen molar-refractivity contribution in [2.45, 2.75) is 25.8 Å². The Labute approximate surface area is 129 Å². The van der Waals surface area contributed by atoms with Gasteiger partial charge in [-0.2, -0.15) is 0 Å². The average molecular weight is 304 g/mol. The molecule has 3 N–H and O–H groups in total. The number of nitrogens with zero attached hydrogens (tertiary/aromatic N) is 1. The predicted octanol–water partition coefficient (Wildman–Crippen LogP) is 3.46. The second-order valence-corrected chi connectivity index (χ2v) is 5.26. The van der Waals surface area contributed by atoms with E-state index in [9.17, 15) is 4.79 Å². The predicted molar refractivity (Wildman–Crippen MR) is 85.2 cm³/mol. The van der Waals surface area contributed by atoms with E-state index in [1.54, 1.807) is 12.3 Å². The number of hydrogen-bond acceptors (Lipinski definition) is 3. The van der Waals surface area contributed by atoms with Gasteiger partial charge in [-0.3, -0.25) is 4.79 Å². The summed E-state index contributed by atoms with van der Waals surface area (Å²) in [5, 5.41) is 3.10. The maximum absolute atomic E-state index is 12.0. The van der Waals surface area contributed by atoms with E-state index >= 15 is 0 Å². The molecule has 1 aromatic carbocycles. The van der Waals surface area contributed by atoms with Crippen molar-refractivity contribution < 1.29 is 4.79 Å². The van der Waals surface area contributed by atoms with Gasteiger partial charge in [0.05, 0.1) is 5.69 Å². The van der Waals surface area contributed by atoms with Gasteiger partial charge in [-0.15, -0.1) is 0 Å². The van der Waals surface area contributed by atoms with Crippen LogP contribution < -0.4 is 11.1 Å². The first kappa shape index (κ1) is 15.5. The molecule has 0 aliphatic rings. The van der Waals surface area contributed by atoms with Crippen LogP contribution in [0.2, 0.25) is 5.15 Å². The highest BCUT2D eigenvalue weighted by atomic mass is 35.5. The van der Waals surface area contributed by atoms with Crippen molar-refractivity contribution in [3.63, 3.8) is 0 Å². The third-order valence-electron chi connectivity index (χ3n) is 3.29. The molecule has 0 bridgehead atoms. The van der Waals surface area contributed by atoms with Crippen LogP contribution in [0.25, 0.3) is 0 Å². The number of rotatable bonds is 5. The molecule has 4 nitrogen and oxygen atoms in total. The Hall–Kier alpha value is -1.91. The molecule has 0 saturated heterocycles. The molecule has 0 saturated carbocycles. The third kappa shape index (κ3) is 4.28. The van der Waals surface area contributed by atoms with Crippen molar-refractivity contribution in [1.82, 2.24) is 4.98 Å². The summed E-state index contributed by atoms with van der Waals surface area (Å²) >= 11 is 5.98. The van der Waals surface area contributed by atoms with Crippen LogP contribution in [0.4, 0.5) is 5.69 Å². The Morgan fingerprint density at radius 2 is 2.05 bits per heavy atom. The summed E-state index contributed by atoms with van der Waals surface area (Å²) in [6.45, 7) is 1.87. The number of hydrogen-bond donors (Lipinski definition) is 2. The zero-order valence-corrected chi connectivity index (χ0v) is 12.6. The summed E-state index contributed by atoms with van der Waals surface area (Å²) in [7, 11) is 0. The van der Waals surface area contributed by atoms with Gasteiger partial charge in [0.1, 0.15) is 0 Å². The van der Waals surface area contributed by atoms with Crippen molar-refractivity contribution in [2.75, 3.05) is 5.32 Å². The van der Waals surface area contributed by atoms with Crippen LogP contribution in [-0.2, 0) is 4.79 Å². The quantitative estimate of drug-likeness (QED) is 0.831. The van der Waals surface area contributed by atoms with E-state index in [2.05, 4.69) is 10.3 Å². The van der Waals surface area contributed by atoms with Gasteiger partial charge in [0.15, 0.2) is 5.15 Å². The normalized spacial score (nSPS) is 12.0. The smallest absolute Gasteiger partial charge is 0.224 e. The zero-order valence-electron chi connectivity index (χ0n) is 11.8. The van der Waals surface area contributed by atoms with Crippen molar-refractivity contribution in [2.24, 2.45) is 5.73 Å². The van der Waals surface area contributed by atoms with Gasteiger partial charge in [0, 0.05) is 18.7 Å². The second-order valence-electron chi connectivity index (χ2n) is 4.90. The van der Waals surface area contributed by atoms with Gasteiger partial charge in [0.25, 0.3) is 0 Å². The molecule has 0 fully saturated rings. The monoisotopic (exact) mass is 303 g/mol. The standard InChI is InChI=1S/C16H18ClN3O/c1-11-9-10-19-16(17)15(11)20-14(21)8-7-13(18)12-5-3-2-4-6-12/h2-6,9-10,13H,7-8,18H2,1H3,(H,20,21). The number of anilines is 1. The molecule has 21 heavy (non-hydrogen) atoms. The van der Waals surface area contributed by atoms with Crippen molar-refractivity contribution in [3.8, 4) is 0 Å². The summed E-state index contributed by atoms with van der Waals surface area (Å²) in [6.07, 6.45) is 2.52. The highest BCUT2D eigenvalue weighted by molar-refractivity contribution is 6.32. The van der Waals surface area contributed by atoms with Gasteiger partial charge >= 0.3 is 0 Å². The molecule has 2 aromatic rings. The Morgan fingerprint density at radius 3 is 2.71 bits per heavy atom. The summed E-state index contributed by atoms with van der Waals surface area (Å²) in [5.74, 6) is -0.112. The second kappa shape index (κ2) is 7.20. The molecule has 0 spiro atoms. The van der Waals surface area contributed by atoms with Crippen LogP contribution in [-0.4, -0.2) is 10.9 Å². The number of aromatic nitrogens is 1. The molecule has 1 unspecified atom stereocenters. The summed E-state index contributed by atoms with van der Waals surface area (Å²) in [4.78, 5) is 16.0. The number of amides is 1. The van der Waals surface area contributed by atoms with Crippen molar-refractivity contribution >= 4 is 23.2 Å². The molecule has 1 heterocycles. The summed E-state index contributed by atoms with van der Waals surface area (Å²) < 4.78 is 0. The molecule has 2 rings (SSSR count). The Balaban J connectivity index is 1.91. The lowest BCUT2D eigenvalue weighted by Gasteiger charge is -2.13. The van der Waals surface area contributed by atoms with Gasteiger partial charge in [-0.1, -0.05) is 41.9 Å². The lowest BCUT2D eigenvalue weighted by Crippen LogP contribution is -2.17. The molecule has 1 amide bonds. The molecule has 5 heteroatoms. The largest absolute Gasteiger partial charge is 0.324 e. The first-order valence-electron chi connectivity index (χ1n) is 6.79. The van der Waals surface area contributed by atoms with E-state index in [4.69, 9.17) is 17.3 Å². The third-order valence-corrected chi connectivity index (χ3v) is 3.57. The fraction of sp³-hybridized carbons (Fsp3) is 0.250. The zero-order chi connectivity index (χ0) is 15.2. The minimum atomic E-state index is -0.151. The van der Waals surface area contributed by atoms with Gasteiger partial charge in [0.2, 0.25) is 5.91 Å². The highest BCUT2D eigenvalue weighted by Gasteiger charge is 2.12. The molecule has 0 aliphatic carbocycles. The van der Waals surface area contributed by atoms with Crippen LogP contribution in [0.1, 0.15) is 30.0 Å². The number of carbonyl (C=O) groups is 1. The Morgan fingerprint density at radius 1 is 1.33 bits per heavy atom. The van der Waals surface area contributed by atoms with E-state index in [0.29, 0.717) is 23.7 Å². The van der Waals surface area contributed by atoms with E-state index in [1.807, 2.05) is 37.3 Å². The van der Waals surface area contributed by atoms with Gasteiger partial charge < -0.3 is 11.1 Å². The molecular weight excluding hydrogens is 286 g/mol. The van der Waals surface area contributed by atoms with Crippen molar-refractivity contribution in [1.29, 1.82) is 0 Å². The first-order valence-corrected chi connectivity index (χ1v) is 7.17. The number of benzene rings is 1. The topological polar surface area (TPSA) is 68.0 Å². The summed E-state index contributed by atoms with van der Waals surface area (Å²) in [5.41, 5.74) is 8.56. The fourth-order valence-electron chi connectivity index (χ4n) is 2.03. The average Bonchev–Trinajstić information content (AvgIpc) is 2.49. The molecule has 1 atom stereocenters. The van der Waals surface area contributed by atoms with E-state index in [-0.39, 0.29) is 11.9 Å². The van der Waals surface area contributed by atoms with Crippen LogP contribution in [0, 0.1) is 6.92 Å². The Kier molecular flexibility index (Phi) is 5.31. The number of pyridine rings is 1. The SMILES string of the molecule is Cc1ccnc(Cl)c1NC(=O)CCC(N)c1ccccc1. The summed E-state index contributed by atoms with van der Waals surface area (Å²) in [6, 6.07) is 11.4. The molecule has 110 valence electrons. The number of aryl methyl sites for hydroxylation is 1. The number of halogens is 1. The maximum Gasteiger partial charge on any atom is 0.224 e. The van der Waals surface area contributed by atoms with Crippen LogP contribution in [0.15, 0.2) is 42.6 Å². The number of carbonyl (C=O) groups excluding carboxylic acids is 1. The fourth-order valence-corrected chi connectivity index (χ4v) is 2.28. The lowest BCUT2D eigenvalue weighted by atomic mass is 10.0. The van der Waals surface area contributed by atoms with Gasteiger partial charge in [-0.05, 0) is 30.5 Å². The van der Waals surface area contributed by atoms with Crippen molar-refractivity contribution in [3.05, 3.63) is 58.9 Å². The molecule has 0 radical (unpaired) electrons. The van der Waals surface area contributed by atoms with Crippen LogP contribution in [0.5, 0.6) is 0 Å². The Bertz CT molecular complexity index is 596. The van der Waals surface area contributed by atoms with Crippen LogP contribution >= 0.6 is 11.6 Å².